The monoisotopic (exact) mass is 330 g/mol. The molecule has 130 valence electrons. The van der Waals surface area contributed by atoms with E-state index in [-0.39, 0.29) is 12.3 Å². The molecule has 0 aromatic carbocycles. The van der Waals surface area contributed by atoms with Crippen molar-refractivity contribution in [3.8, 4) is 11.3 Å². The Labute approximate surface area is 142 Å². The number of carbonyl (C=O) groups is 1. The van der Waals surface area contributed by atoms with Crippen LogP contribution in [0, 0.1) is 0 Å². The first-order valence-electron chi connectivity index (χ1n) is 8.43. The van der Waals surface area contributed by atoms with E-state index in [1.165, 1.54) is 0 Å². The second-order valence-corrected chi connectivity index (χ2v) is 6.25. The molecule has 2 rings (SSSR count). The molecule has 0 saturated carbocycles. The molecule has 0 atom stereocenters. The number of amides is 1. The number of carbonyl (C=O) groups excluding carboxylic acids is 1. The molecule has 0 fully saturated rings. The summed E-state index contributed by atoms with van der Waals surface area (Å²) in [7, 11) is 1.83. The van der Waals surface area contributed by atoms with Crippen molar-refractivity contribution >= 4 is 11.6 Å². The molecule has 0 aliphatic heterocycles. The molecule has 0 bridgehead atoms. The lowest BCUT2D eigenvalue weighted by Crippen LogP contribution is -2.33. The fraction of sp³-hybridized carbons (Fsp3) is 0.500. The van der Waals surface area contributed by atoms with Gasteiger partial charge in [0, 0.05) is 25.0 Å². The van der Waals surface area contributed by atoms with Gasteiger partial charge in [-0.05, 0) is 25.0 Å². The average molecular weight is 330 g/mol. The van der Waals surface area contributed by atoms with Gasteiger partial charge in [-0.1, -0.05) is 26.7 Å². The molecule has 24 heavy (non-hydrogen) atoms. The van der Waals surface area contributed by atoms with Crippen LogP contribution in [0.25, 0.3) is 11.3 Å². The Morgan fingerprint density at radius 3 is 2.62 bits per heavy atom. The van der Waals surface area contributed by atoms with Crippen molar-refractivity contribution in [1.29, 1.82) is 0 Å². The summed E-state index contributed by atoms with van der Waals surface area (Å²) in [5.41, 5.74) is 1.20. The van der Waals surface area contributed by atoms with Crippen LogP contribution < -0.4 is 5.32 Å². The number of hydrogen-bond donors (Lipinski definition) is 2. The maximum absolute atomic E-state index is 12.4. The number of nitrogens with one attached hydrogen (secondary N) is 1. The lowest BCUT2D eigenvalue weighted by molar-refractivity contribution is -0.121. The Morgan fingerprint density at radius 1 is 1.33 bits per heavy atom. The maximum Gasteiger partial charge on any atom is 0.227 e. The van der Waals surface area contributed by atoms with Gasteiger partial charge >= 0.3 is 0 Å². The maximum atomic E-state index is 12.4. The molecule has 0 unspecified atom stereocenters. The van der Waals surface area contributed by atoms with E-state index in [0.717, 1.165) is 18.4 Å². The van der Waals surface area contributed by atoms with E-state index in [1.807, 2.05) is 33.2 Å². The molecule has 2 aromatic heterocycles. The normalized spacial score (nSPS) is 11.5. The van der Waals surface area contributed by atoms with E-state index < -0.39 is 5.60 Å². The van der Waals surface area contributed by atoms with Gasteiger partial charge in [-0.2, -0.15) is 5.10 Å². The number of nitrogens with zero attached hydrogens (tertiary/aromatic N) is 3. The molecule has 2 aromatic rings. The third-order valence-electron chi connectivity index (χ3n) is 3.98. The zero-order valence-electron chi connectivity index (χ0n) is 14.6. The number of hydrogen-bond acceptors (Lipinski definition) is 4. The molecule has 0 radical (unpaired) electrons. The summed E-state index contributed by atoms with van der Waals surface area (Å²) in [5.74, 6) is -0.197. The van der Waals surface area contributed by atoms with Crippen LogP contribution in [0.3, 0.4) is 0 Å². The van der Waals surface area contributed by atoms with Gasteiger partial charge < -0.3 is 10.4 Å². The highest BCUT2D eigenvalue weighted by Gasteiger charge is 2.28. The predicted molar refractivity (Wildman–Crippen MR) is 94.5 cm³/mol. The second-order valence-electron chi connectivity index (χ2n) is 6.25. The van der Waals surface area contributed by atoms with E-state index in [1.54, 1.807) is 23.1 Å². The van der Waals surface area contributed by atoms with E-state index in [0.29, 0.717) is 24.2 Å². The Hall–Kier alpha value is -2.21. The molecule has 0 spiro atoms. The smallest absolute Gasteiger partial charge is 0.227 e. The SMILES string of the molecule is CCCC(O)(CCC)CC(=O)Nc1cccnc1-c1cnn(C)c1. The van der Waals surface area contributed by atoms with E-state index in [2.05, 4.69) is 15.4 Å². The number of pyridine rings is 1. The number of aromatic nitrogens is 3. The largest absolute Gasteiger partial charge is 0.389 e. The minimum absolute atomic E-state index is 0.0933. The molecule has 0 saturated heterocycles. The highest BCUT2D eigenvalue weighted by molar-refractivity contribution is 5.94. The van der Waals surface area contributed by atoms with Gasteiger partial charge in [0.15, 0.2) is 0 Å². The molecule has 0 aliphatic rings. The van der Waals surface area contributed by atoms with E-state index in [9.17, 15) is 9.90 Å². The van der Waals surface area contributed by atoms with Gasteiger partial charge in [-0.15, -0.1) is 0 Å². The minimum atomic E-state index is -0.940. The molecule has 1 amide bonds. The lowest BCUT2D eigenvalue weighted by Gasteiger charge is -2.27. The molecule has 0 aliphatic carbocycles. The molecule has 6 nitrogen and oxygen atoms in total. The van der Waals surface area contributed by atoms with Crippen LogP contribution >= 0.6 is 0 Å². The Kier molecular flexibility index (Phi) is 6.09. The van der Waals surface area contributed by atoms with Crippen molar-refractivity contribution < 1.29 is 9.90 Å². The average Bonchev–Trinajstić information content (AvgIpc) is 2.94. The second kappa shape index (κ2) is 8.06. The lowest BCUT2D eigenvalue weighted by atomic mass is 9.89. The third kappa shape index (κ3) is 4.64. The van der Waals surface area contributed by atoms with Gasteiger partial charge in [-0.3, -0.25) is 14.5 Å². The minimum Gasteiger partial charge on any atom is -0.389 e. The van der Waals surface area contributed by atoms with Crippen molar-refractivity contribution in [2.75, 3.05) is 5.32 Å². The number of anilines is 1. The van der Waals surface area contributed by atoms with Crippen molar-refractivity contribution in [3.05, 3.63) is 30.7 Å². The summed E-state index contributed by atoms with van der Waals surface area (Å²) in [4.78, 5) is 16.8. The van der Waals surface area contributed by atoms with Crippen molar-refractivity contribution in [2.45, 2.75) is 51.6 Å². The van der Waals surface area contributed by atoms with Crippen LogP contribution in [0.15, 0.2) is 30.7 Å². The predicted octanol–water partition coefficient (Wildman–Crippen LogP) is 3.14. The fourth-order valence-electron chi connectivity index (χ4n) is 3.01. The van der Waals surface area contributed by atoms with Gasteiger partial charge in [0.05, 0.1) is 29.6 Å². The van der Waals surface area contributed by atoms with Crippen LogP contribution in [-0.4, -0.2) is 31.4 Å². The van der Waals surface area contributed by atoms with Crippen molar-refractivity contribution in [2.24, 2.45) is 7.05 Å². The summed E-state index contributed by atoms with van der Waals surface area (Å²) < 4.78 is 1.69. The zero-order chi connectivity index (χ0) is 17.6. The van der Waals surface area contributed by atoms with Gasteiger partial charge in [0.1, 0.15) is 0 Å². The highest BCUT2D eigenvalue weighted by atomic mass is 16.3. The van der Waals surface area contributed by atoms with Gasteiger partial charge in [0.2, 0.25) is 5.91 Å². The van der Waals surface area contributed by atoms with Crippen LogP contribution in [0.2, 0.25) is 0 Å². The van der Waals surface area contributed by atoms with Crippen LogP contribution in [0.1, 0.15) is 46.0 Å². The Balaban J connectivity index is 2.15. The topological polar surface area (TPSA) is 80.0 Å². The quantitative estimate of drug-likeness (QED) is 0.779. The Morgan fingerprint density at radius 2 is 2.04 bits per heavy atom. The summed E-state index contributed by atoms with van der Waals surface area (Å²) in [6.07, 6.45) is 8.27. The number of rotatable bonds is 8. The van der Waals surface area contributed by atoms with Crippen LogP contribution in [0.4, 0.5) is 5.69 Å². The van der Waals surface area contributed by atoms with Crippen molar-refractivity contribution in [3.63, 3.8) is 0 Å². The third-order valence-corrected chi connectivity index (χ3v) is 3.98. The first kappa shape index (κ1) is 18.1. The number of aryl methyl sites for hydroxylation is 1. The van der Waals surface area contributed by atoms with Gasteiger partial charge in [-0.25, -0.2) is 0 Å². The van der Waals surface area contributed by atoms with Crippen molar-refractivity contribution in [1.82, 2.24) is 14.8 Å². The van der Waals surface area contributed by atoms with Crippen LogP contribution in [0.5, 0.6) is 0 Å². The van der Waals surface area contributed by atoms with E-state index >= 15 is 0 Å². The molecule has 2 heterocycles. The first-order chi connectivity index (χ1) is 11.5. The highest BCUT2D eigenvalue weighted by Crippen LogP contribution is 2.27. The molecule has 2 N–H and O–H groups in total. The first-order valence-corrected chi connectivity index (χ1v) is 8.43. The zero-order valence-corrected chi connectivity index (χ0v) is 14.6. The summed E-state index contributed by atoms with van der Waals surface area (Å²) in [6.45, 7) is 4.03. The molecule has 6 heteroatoms. The van der Waals surface area contributed by atoms with E-state index in [4.69, 9.17) is 0 Å². The Bertz CT molecular complexity index is 675. The molecular formula is C18H26N4O2. The summed E-state index contributed by atoms with van der Waals surface area (Å²) in [6, 6.07) is 3.59. The van der Waals surface area contributed by atoms with Gasteiger partial charge in [0.25, 0.3) is 0 Å². The molecular weight excluding hydrogens is 304 g/mol. The van der Waals surface area contributed by atoms with Crippen LogP contribution in [-0.2, 0) is 11.8 Å². The standard InChI is InChI=1S/C18H26N4O2/c1-4-8-18(24,9-5-2)11-16(23)21-15-7-6-10-19-17(15)14-12-20-22(3)13-14/h6-7,10,12-13,24H,4-5,8-9,11H2,1-3H3,(H,21,23). The fourth-order valence-corrected chi connectivity index (χ4v) is 3.01. The summed E-state index contributed by atoms with van der Waals surface area (Å²) in [5, 5.41) is 17.7. The number of aliphatic hydroxyl groups is 1. The summed E-state index contributed by atoms with van der Waals surface area (Å²) >= 11 is 0.